The lowest BCUT2D eigenvalue weighted by atomic mass is 9.90. The Labute approximate surface area is 666 Å². The molecule has 22 N–H and O–H groups in total. The maximum absolute atomic E-state index is 15.2. The zero-order valence-corrected chi connectivity index (χ0v) is 67.4. The van der Waals surface area contributed by atoms with E-state index in [9.17, 15) is 87.2 Å². The summed E-state index contributed by atoms with van der Waals surface area (Å²) in [6, 6.07) is 0.486. The average molecular weight is 1600 g/mol. The van der Waals surface area contributed by atoms with Crippen molar-refractivity contribution in [2.24, 2.45) is 35.0 Å². The zero-order valence-electron chi connectivity index (χ0n) is 67.4. The van der Waals surface area contributed by atoms with E-state index in [1.165, 1.54) is 27.7 Å². The van der Waals surface area contributed by atoms with E-state index in [1.807, 2.05) is 26.0 Å². The topological polar surface area (TPSA) is 568 Å². The summed E-state index contributed by atoms with van der Waals surface area (Å²) in [5.74, 6) is -17.0. The van der Waals surface area contributed by atoms with E-state index in [0.29, 0.717) is 43.2 Å². The van der Waals surface area contributed by atoms with Gasteiger partial charge in [-0.3, -0.25) is 76.7 Å². The molecule has 14 amide bonds. The molecule has 0 saturated carbocycles. The van der Waals surface area contributed by atoms with Crippen molar-refractivity contribution in [1.29, 1.82) is 0 Å². The minimum Gasteiger partial charge on any atom is -0.481 e. The average Bonchev–Trinajstić information content (AvgIpc) is 0.848. The SMILES string of the molecule is CC[C@H](C)[C@H](NC(=O)[C@H](CCCCN)NC(=O)[C@H](CCCCN)NC(=O)[C@@H](NC(=O)[C@]1(C)CCC/C=C\CCC[C@](C)(NC(C)=O)C(=O)N[C@@H](CC(C)C)C(=O)N[C@@H](Cc2ccccc2)C(=O)N[C@@H](CC(=O)O)C(=O)N1)[C@@H](C)CC)C(=O)N[C@@H](C)C(=O)N[C@@H](CCC(=O)O)C(=O)N[C@@H](CO)C(=O)N[C@@H](Cc1ccccc1)C(N)=O. The van der Waals surface area contributed by atoms with Gasteiger partial charge < -0.3 is 102 Å². The molecule has 1 aliphatic rings. The number of aliphatic carboxylic acids is 2. The van der Waals surface area contributed by atoms with Gasteiger partial charge in [-0.2, -0.15) is 0 Å². The molecule has 114 heavy (non-hydrogen) atoms. The van der Waals surface area contributed by atoms with E-state index in [2.05, 4.69) is 69.1 Å². The summed E-state index contributed by atoms with van der Waals surface area (Å²) in [6.07, 6.45) is 4.25. The Morgan fingerprint density at radius 3 is 1.50 bits per heavy atom. The lowest BCUT2D eigenvalue weighted by molar-refractivity contribution is -0.143. The summed E-state index contributed by atoms with van der Waals surface area (Å²) in [6.45, 7) is 15.1. The molecule has 35 heteroatoms. The number of primary amides is 1. The number of nitrogens with two attached hydrogens (primary N) is 3. The molecule has 0 bridgehead atoms. The van der Waals surface area contributed by atoms with Crippen molar-refractivity contribution in [3.8, 4) is 0 Å². The van der Waals surface area contributed by atoms with Crippen molar-refractivity contribution >= 4 is 94.6 Å². The van der Waals surface area contributed by atoms with Gasteiger partial charge in [0.2, 0.25) is 82.7 Å². The van der Waals surface area contributed by atoms with Crippen molar-refractivity contribution in [1.82, 2.24) is 69.1 Å². The molecule has 3 rings (SSSR count). The van der Waals surface area contributed by atoms with Crippen LogP contribution in [0.1, 0.15) is 196 Å². The third-order valence-electron chi connectivity index (χ3n) is 19.9. The number of carboxylic acid groups (broad SMARTS) is 2. The summed E-state index contributed by atoms with van der Waals surface area (Å²) >= 11 is 0. The molecule has 634 valence electrons. The Morgan fingerprint density at radius 2 is 0.991 bits per heavy atom. The lowest BCUT2D eigenvalue weighted by Gasteiger charge is -2.35. The number of aliphatic hydroxyl groups is 1. The first kappa shape index (κ1) is 97.8. The fourth-order valence-electron chi connectivity index (χ4n) is 12.6. The number of amides is 14. The van der Waals surface area contributed by atoms with Crippen LogP contribution < -0.4 is 86.3 Å². The molecule has 1 aliphatic heterocycles. The number of carboxylic acids is 2. The second-order valence-corrected chi connectivity index (χ2v) is 30.2. The summed E-state index contributed by atoms with van der Waals surface area (Å²) in [5, 5.41) is 64.0. The van der Waals surface area contributed by atoms with Gasteiger partial charge in [-0.05, 0) is 153 Å². The van der Waals surface area contributed by atoms with Crippen LogP contribution in [0.4, 0.5) is 0 Å². The van der Waals surface area contributed by atoms with Crippen LogP contribution in [0, 0.1) is 17.8 Å². The molecule has 2 aromatic rings. The summed E-state index contributed by atoms with van der Waals surface area (Å²) in [5.41, 5.74) is 15.0. The summed E-state index contributed by atoms with van der Waals surface area (Å²) < 4.78 is 0. The predicted octanol–water partition coefficient (Wildman–Crippen LogP) is -0.282. The Hall–Kier alpha value is -10.4. The standard InChI is InChI=1S/C79H124N16O19/c1-11-47(5)63(74(111)83-49(7)66(103)84-55(35-36-61(98)99)68(105)90-60(45-96)72(109)87-56(65(82)102)42-51-29-19-17-20-30-51)92-69(106)54(34-24-28-40-81)85-67(104)53(33-23-27-39-80)86-75(112)64(48(6)12-2)93-77(114)79(10)38-26-16-14-13-15-25-37-78(9,94-50(8)97)76(113)91-57(41-46(3)4)70(107)88-58(43-52-31-21-18-22-32-52)71(108)89-59(44-62(100)101)73(110)95-79/h13-14,17-22,29-32,46-49,53-60,63-64,96H,11-12,15-16,23-28,33-45,80-81H2,1-10H3,(H2,82,102)(H,83,111)(H,84,103)(H,85,104)(H,86,112)(H,87,109)(H,88,107)(H,89,108)(H,90,105)(H,91,113)(H,92,106)(H,93,114)(H,94,97)(H,95,110)(H,98,99)(H,100,101)/b14-13-/t47-,48-,49-,53-,54-,55-,56-,57-,58-,59-,60-,63-,64-,78-,79-/m0/s1. The number of hydrogen-bond acceptors (Lipinski definition) is 19. The van der Waals surface area contributed by atoms with E-state index >= 15 is 4.79 Å². The number of hydrogen-bond donors (Lipinski definition) is 19. The molecule has 0 aliphatic carbocycles. The van der Waals surface area contributed by atoms with E-state index in [4.69, 9.17) is 17.2 Å². The molecule has 0 radical (unpaired) electrons. The highest BCUT2D eigenvalue weighted by molar-refractivity contribution is 6.02. The normalized spacial score (nSPS) is 20.8. The first-order valence-corrected chi connectivity index (χ1v) is 39.3. The van der Waals surface area contributed by atoms with Gasteiger partial charge in [-0.15, -0.1) is 0 Å². The maximum atomic E-state index is 15.2. The number of unbranched alkanes of at least 4 members (excludes halogenated alkanes) is 2. The Bertz CT molecular complexity index is 3590. The highest BCUT2D eigenvalue weighted by Gasteiger charge is 2.43. The molecule has 0 unspecified atom stereocenters. The van der Waals surface area contributed by atoms with Gasteiger partial charge in [-0.1, -0.05) is 127 Å². The summed E-state index contributed by atoms with van der Waals surface area (Å²) in [7, 11) is 0. The van der Waals surface area contributed by atoms with E-state index < -0.39 is 210 Å². The zero-order chi connectivity index (χ0) is 85.4. The van der Waals surface area contributed by atoms with Crippen LogP contribution in [0.25, 0.3) is 0 Å². The van der Waals surface area contributed by atoms with Crippen molar-refractivity contribution < 1.29 is 92.0 Å². The van der Waals surface area contributed by atoms with Crippen LogP contribution in [0.15, 0.2) is 72.8 Å². The van der Waals surface area contributed by atoms with Gasteiger partial charge in [0.15, 0.2) is 0 Å². The van der Waals surface area contributed by atoms with Crippen molar-refractivity contribution in [2.45, 2.75) is 275 Å². The van der Waals surface area contributed by atoms with Gasteiger partial charge in [0.1, 0.15) is 77.5 Å². The summed E-state index contributed by atoms with van der Waals surface area (Å²) in [4.78, 5) is 222. The number of carbonyl (C=O) groups is 16. The van der Waals surface area contributed by atoms with Gasteiger partial charge in [0.25, 0.3) is 0 Å². The number of aliphatic hydroxyl groups excluding tert-OH is 1. The number of allylic oxidation sites excluding steroid dienone is 2. The molecule has 15 atom stereocenters. The monoisotopic (exact) mass is 1600 g/mol. The Morgan fingerprint density at radius 1 is 0.526 bits per heavy atom. The number of rotatable bonds is 42. The van der Waals surface area contributed by atoms with Gasteiger partial charge in [0.05, 0.1) is 13.0 Å². The van der Waals surface area contributed by atoms with Crippen molar-refractivity contribution in [3.05, 3.63) is 83.9 Å². The van der Waals surface area contributed by atoms with Crippen molar-refractivity contribution in [2.75, 3.05) is 19.7 Å². The Balaban J connectivity index is 2.01. The second kappa shape index (κ2) is 49.9. The molecule has 0 fully saturated rings. The minimum absolute atomic E-state index is 0.0415. The highest BCUT2D eigenvalue weighted by Crippen LogP contribution is 2.22. The first-order chi connectivity index (χ1) is 53.8. The van der Waals surface area contributed by atoms with Crippen LogP contribution in [0.2, 0.25) is 0 Å². The second-order valence-electron chi connectivity index (χ2n) is 30.2. The quantitative estimate of drug-likeness (QED) is 0.0300. The molecule has 2 aromatic carbocycles. The third-order valence-corrected chi connectivity index (χ3v) is 19.9. The number of nitrogens with one attached hydrogen (secondary N) is 13. The van der Waals surface area contributed by atoms with Gasteiger partial charge >= 0.3 is 11.9 Å². The highest BCUT2D eigenvalue weighted by atomic mass is 16.4. The fraction of sp³-hybridized carbons (Fsp3) is 0.620. The molecule has 0 saturated heterocycles. The molecular weight excluding hydrogens is 1480 g/mol. The van der Waals surface area contributed by atoms with Crippen LogP contribution in [-0.4, -0.2) is 207 Å². The third kappa shape index (κ3) is 34.1. The number of carbonyl (C=O) groups excluding carboxylic acids is 14. The van der Waals surface area contributed by atoms with E-state index in [1.54, 1.807) is 88.4 Å². The van der Waals surface area contributed by atoms with Crippen LogP contribution >= 0.6 is 0 Å². The van der Waals surface area contributed by atoms with Crippen LogP contribution in [0.3, 0.4) is 0 Å². The number of benzene rings is 2. The smallest absolute Gasteiger partial charge is 0.305 e. The largest absolute Gasteiger partial charge is 0.481 e. The molecule has 0 spiro atoms. The van der Waals surface area contributed by atoms with Crippen LogP contribution in [0.5, 0.6) is 0 Å². The maximum Gasteiger partial charge on any atom is 0.305 e. The Kier molecular flexibility index (Phi) is 42.8. The van der Waals surface area contributed by atoms with Crippen molar-refractivity contribution in [3.63, 3.8) is 0 Å². The molecule has 35 nitrogen and oxygen atoms in total. The molecular formula is C79H124N16O19. The molecule has 1 heterocycles. The predicted molar refractivity (Wildman–Crippen MR) is 422 cm³/mol. The fourth-order valence-corrected chi connectivity index (χ4v) is 12.6. The van der Waals surface area contributed by atoms with Crippen LogP contribution in [-0.2, 0) is 89.6 Å². The lowest BCUT2D eigenvalue weighted by Crippen LogP contribution is -2.65. The van der Waals surface area contributed by atoms with Gasteiger partial charge in [0, 0.05) is 26.2 Å². The van der Waals surface area contributed by atoms with Gasteiger partial charge in [-0.25, -0.2) is 0 Å². The van der Waals surface area contributed by atoms with E-state index in [-0.39, 0.29) is 96.1 Å². The minimum atomic E-state index is -1.98. The first-order valence-electron chi connectivity index (χ1n) is 39.3. The van der Waals surface area contributed by atoms with E-state index in [0.717, 1.165) is 0 Å². The molecule has 0 aromatic heterocycles.